The Kier molecular flexibility index (Phi) is 3.72. The number of nitrogens with zero attached hydrogens (tertiary/aromatic N) is 4. The van der Waals surface area contributed by atoms with Crippen molar-refractivity contribution in [3.63, 3.8) is 0 Å². The van der Waals surface area contributed by atoms with Gasteiger partial charge in [0.2, 0.25) is 0 Å². The number of aryl methyl sites for hydroxylation is 2. The number of halogens is 1. The molecule has 0 saturated heterocycles. The van der Waals surface area contributed by atoms with E-state index in [2.05, 4.69) is 15.4 Å². The first-order chi connectivity index (χ1) is 11.0. The van der Waals surface area contributed by atoms with Crippen molar-refractivity contribution in [3.8, 4) is 6.07 Å². The molecule has 7 heteroatoms. The molecule has 0 saturated carbocycles. The number of hydrogen-bond donors (Lipinski definition) is 1. The van der Waals surface area contributed by atoms with Gasteiger partial charge in [-0.05, 0) is 31.2 Å². The van der Waals surface area contributed by atoms with Gasteiger partial charge >= 0.3 is 0 Å². The molecule has 3 aromatic rings. The van der Waals surface area contributed by atoms with Gasteiger partial charge in [-0.15, -0.1) is 0 Å². The molecular weight excluding hydrogens is 314 g/mol. The number of pyridine rings is 1. The number of carbonyl (C=O) groups is 1. The van der Waals surface area contributed by atoms with Crippen LogP contribution in [0.1, 0.15) is 21.6 Å². The van der Waals surface area contributed by atoms with Gasteiger partial charge in [-0.1, -0.05) is 11.6 Å². The van der Waals surface area contributed by atoms with Crippen molar-refractivity contribution in [2.24, 2.45) is 7.05 Å². The summed E-state index contributed by atoms with van der Waals surface area (Å²) in [5, 5.41) is 17.0. The Morgan fingerprint density at radius 1 is 1.39 bits per heavy atom. The van der Waals surface area contributed by atoms with Crippen molar-refractivity contribution >= 4 is 34.2 Å². The highest BCUT2D eigenvalue weighted by atomic mass is 35.5. The highest BCUT2D eigenvalue weighted by Crippen LogP contribution is 2.21. The molecule has 0 aliphatic carbocycles. The fraction of sp³-hybridized carbons (Fsp3) is 0.125. The van der Waals surface area contributed by atoms with E-state index in [9.17, 15) is 4.79 Å². The summed E-state index contributed by atoms with van der Waals surface area (Å²) in [5.41, 5.74) is 2.83. The van der Waals surface area contributed by atoms with Gasteiger partial charge in [0, 0.05) is 24.3 Å². The Bertz CT molecular complexity index is 970. The lowest BCUT2D eigenvalue weighted by molar-refractivity contribution is 0.102. The fourth-order valence-electron chi connectivity index (χ4n) is 2.32. The molecule has 0 radical (unpaired) electrons. The SMILES string of the molecule is Cc1nn(C)c2ncc(C(=O)Nc3ccc(C#N)c(Cl)c3)cc12. The van der Waals surface area contributed by atoms with Gasteiger partial charge in [-0.2, -0.15) is 10.4 Å². The molecule has 114 valence electrons. The Hall–Kier alpha value is -2.91. The third-order valence-corrected chi connectivity index (χ3v) is 3.79. The summed E-state index contributed by atoms with van der Waals surface area (Å²) in [7, 11) is 1.81. The number of rotatable bonds is 2. The van der Waals surface area contributed by atoms with Crippen molar-refractivity contribution in [2.75, 3.05) is 5.32 Å². The summed E-state index contributed by atoms with van der Waals surface area (Å²) >= 11 is 5.96. The van der Waals surface area contributed by atoms with Crippen LogP contribution in [0.15, 0.2) is 30.5 Å². The summed E-state index contributed by atoms with van der Waals surface area (Å²) in [6, 6.07) is 8.46. The summed E-state index contributed by atoms with van der Waals surface area (Å²) in [6.45, 7) is 1.87. The Labute approximate surface area is 137 Å². The maximum Gasteiger partial charge on any atom is 0.257 e. The van der Waals surface area contributed by atoms with E-state index in [0.717, 1.165) is 16.7 Å². The minimum atomic E-state index is -0.302. The molecule has 23 heavy (non-hydrogen) atoms. The highest BCUT2D eigenvalue weighted by Gasteiger charge is 2.12. The number of fused-ring (bicyclic) bond motifs is 1. The standard InChI is InChI=1S/C16H12ClN5O/c1-9-13-5-11(8-19-15(13)22(2)21-9)16(23)20-12-4-3-10(7-18)14(17)6-12/h3-6,8H,1-2H3,(H,20,23). The third kappa shape index (κ3) is 2.74. The molecule has 0 fully saturated rings. The zero-order chi connectivity index (χ0) is 16.6. The second-order valence-electron chi connectivity index (χ2n) is 5.06. The van der Waals surface area contributed by atoms with Crippen LogP contribution in [0.25, 0.3) is 11.0 Å². The minimum Gasteiger partial charge on any atom is -0.322 e. The molecule has 0 atom stereocenters. The van der Waals surface area contributed by atoms with E-state index < -0.39 is 0 Å². The smallest absolute Gasteiger partial charge is 0.257 e. The lowest BCUT2D eigenvalue weighted by Gasteiger charge is -2.06. The van der Waals surface area contributed by atoms with Crippen molar-refractivity contribution in [2.45, 2.75) is 6.92 Å². The van der Waals surface area contributed by atoms with Crippen LogP contribution in [0.2, 0.25) is 5.02 Å². The van der Waals surface area contributed by atoms with Gasteiger partial charge < -0.3 is 5.32 Å². The molecule has 0 aliphatic rings. The van der Waals surface area contributed by atoms with Gasteiger partial charge in [0.15, 0.2) is 5.65 Å². The average molecular weight is 326 g/mol. The van der Waals surface area contributed by atoms with Crippen LogP contribution in [0.5, 0.6) is 0 Å². The van der Waals surface area contributed by atoms with Crippen molar-refractivity contribution in [1.82, 2.24) is 14.8 Å². The van der Waals surface area contributed by atoms with Crippen molar-refractivity contribution < 1.29 is 4.79 Å². The second-order valence-corrected chi connectivity index (χ2v) is 5.47. The Morgan fingerprint density at radius 3 is 2.87 bits per heavy atom. The first-order valence-electron chi connectivity index (χ1n) is 6.80. The molecule has 2 heterocycles. The van der Waals surface area contributed by atoms with Crippen LogP contribution in [0.4, 0.5) is 5.69 Å². The van der Waals surface area contributed by atoms with Gasteiger partial charge in [-0.3, -0.25) is 9.48 Å². The normalized spacial score (nSPS) is 10.5. The fourth-order valence-corrected chi connectivity index (χ4v) is 2.54. The van der Waals surface area contributed by atoms with Crippen LogP contribution in [0, 0.1) is 18.3 Å². The summed E-state index contributed by atoms with van der Waals surface area (Å²) in [4.78, 5) is 16.6. The van der Waals surface area contributed by atoms with E-state index in [1.54, 1.807) is 36.0 Å². The predicted octanol–water partition coefficient (Wildman–Crippen LogP) is 3.05. The van der Waals surface area contributed by atoms with Crippen LogP contribution < -0.4 is 5.32 Å². The van der Waals surface area contributed by atoms with Crippen molar-refractivity contribution in [3.05, 3.63) is 52.3 Å². The number of amides is 1. The van der Waals surface area contributed by atoms with E-state index >= 15 is 0 Å². The molecule has 6 nitrogen and oxygen atoms in total. The third-order valence-electron chi connectivity index (χ3n) is 3.47. The molecule has 1 aromatic carbocycles. The number of carbonyl (C=O) groups excluding carboxylic acids is 1. The summed E-state index contributed by atoms with van der Waals surface area (Å²) in [6.07, 6.45) is 1.50. The highest BCUT2D eigenvalue weighted by molar-refractivity contribution is 6.32. The van der Waals surface area contributed by atoms with Gasteiger partial charge in [-0.25, -0.2) is 4.98 Å². The van der Waals surface area contributed by atoms with Crippen molar-refractivity contribution in [1.29, 1.82) is 5.26 Å². The van der Waals surface area contributed by atoms with E-state index in [1.807, 2.05) is 13.0 Å². The maximum atomic E-state index is 12.4. The molecule has 3 rings (SSSR count). The largest absolute Gasteiger partial charge is 0.322 e. The molecule has 1 N–H and O–H groups in total. The average Bonchev–Trinajstić information content (AvgIpc) is 2.82. The van der Waals surface area contributed by atoms with Crippen LogP contribution in [0.3, 0.4) is 0 Å². The number of anilines is 1. The van der Waals surface area contributed by atoms with Gasteiger partial charge in [0.1, 0.15) is 6.07 Å². The summed E-state index contributed by atoms with van der Waals surface area (Å²) < 4.78 is 1.67. The maximum absolute atomic E-state index is 12.4. The van der Waals surface area contributed by atoms with E-state index in [-0.39, 0.29) is 5.91 Å². The molecule has 0 aliphatic heterocycles. The number of nitriles is 1. The first-order valence-corrected chi connectivity index (χ1v) is 7.17. The van der Waals surface area contributed by atoms with Crippen LogP contribution >= 0.6 is 11.6 Å². The number of hydrogen-bond acceptors (Lipinski definition) is 4. The van der Waals surface area contributed by atoms with Gasteiger partial charge in [0.05, 0.1) is 21.8 Å². The van der Waals surface area contributed by atoms with E-state index in [4.69, 9.17) is 16.9 Å². The minimum absolute atomic E-state index is 0.294. The van der Waals surface area contributed by atoms with E-state index in [0.29, 0.717) is 21.8 Å². The molecule has 0 unspecified atom stereocenters. The quantitative estimate of drug-likeness (QED) is 0.784. The van der Waals surface area contributed by atoms with E-state index in [1.165, 1.54) is 6.20 Å². The number of aromatic nitrogens is 3. The molecular formula is C16H12ClN5O. The molecule has 0 bridgehead atoms. The Balaban J connectivity index is 1.90. The topological polar surface area (TPSA) is 83.6 Å². The lowest BCUT2D eigenvalue weighted by Crippen LogP contribution is -2.12. The number of benzene rings is 1. The first kappa shape index (κ1) is 15.0. The predicted molar refractivity (Wildman–Crippen MR) is 87.4 cm³/mol. The van der Waals surface area contributed by atoms with Crippen LogP contribution in [-0.2, 0) is 7.05 Å². The van der Waals surface area contributed by atoms with Gasteiger partial charge in [0.25, 0.3) is 5.91 Å². The second kappa shape index (κ2) is 5.71. The molecule has 1 amide bonds. The Morgan fingerprint density at radius 2 is 2.17 bits per heavy atom. The zero-order valence-electron chi connectivity index (χ0n) is 12.5. The molecule has 2 aromatic heterocycles. The monoisotopic (exact) mass is 325 g/mol. The lowest BCUT2D eigenvalue weighted by atomic mass is 10.2. The molecule has 0 spiro atoms. The van der Waals surface area contributed by atoms with Crippen LogP contribution in [-0.4, -0.2) is 20.7 Å². The summed E-state index contributed by atoms with van der Waals surface area (Å²) in [5.74, 6) is -0.302. The number of nitrogens with one attached hydrogen (secondary N) is 1. The zero-order valence-corrected chi connectivity index (χ0v) is 13.2.